The van der Waals surface area contributed by atoms with Gasteiger partial charge in [-0.3, -0.25) is 0 Å². The Kier molecular flexibility index (Phi) is 4.88. The highest BCUT2D eigenvalue weighted by Crippen LogP contribution is 2.37. The predicted octanol–water partition coefficient (Wildman–Crippen LogP) is -1.43. The van der Waals surface area contributed by atoms with Gasteiger partial charge in [-0.15, -0.1) is 0 Å². The molecule has 1 unspecified atom stereocenters. The molecule has 0 radical (unpaired) electrons. The van der Waals surface area contributed by atoms with E-state index in [-0.39, 0.29) is 24.0 Å². The smallest absolute Gasteiger partial charge is 0.119 e. The molecule has 0 saturated heterocycles. The van der Waals surface area contributed by atoms with Gasteiger partial charge in [0.1, 0.15) is 11.8 Å². The third-order valence-electron chi connectivity index (χ3n) is 3.24. The van der Waals surface area contributed by atoms with Gasteiger partial charge in [0, 0.05) is 17.5 Å². The number of quaternary nitrogens is 1. The Morgan fingerprint density at radius 1 is 1.38 bits per heavy atom. The lowest BCUT2D eigenvalue weighted by Gasteiger charge is -2.29. The zero-order valence-electron chi connectivity index (χ0n) is 9.56. The van der Waals surface area contributed by atoms with E-state index in [1.54, 1.807) is 12.1 Å². The zero-order chi connectivity index (χ0) is 11.0. The van der Waals surface area contributed by atoms with E-state index in [1.165, 1.54) is 4.90 Å². The van der Waals surface area contributed by atoms with Crippen LogP contribution in [0.15, 0.2) is 12.1 Å². The zero-order valence-corrected chi connectivity index (χ0v) is 12.5. The largest absolute Gasteiger partial charge is 1.00 e. The van der Waals surface area contributed by atoms with Crippen LogP contribution in [0.25, 0.3) is 0 Å². The molecule has 0 heterocycles. The van der Waals surface area contributed by atoms with Gasteiger partial charge in [0.15, 0.2) is 0 Å². The summed E-state index contributed by atoms with van der Waals surface area (Å²) >= 11 is 6.23. The van der Waals surface area contributed by atoms with Crippen LogP contribution in [0, 0.1) is 0 Å². The Labute approximate surface area is 119 Å². The number of phenolic OH excluding ortho intramolecular Hbond substituents is 1. The minimum atomic E-state index is 0. The van der Waals surface area contributed by atoms with Crippen molar-refractivity contribution in [1.82, 2.24) is 0 Å². The van der Waals surface area contributed by atoms with Crippen LogP contribution in [-0.2, 0) is 6.42 Å². The first-order valence-corrected chi connectivity index (χ1v) is 5.79. The van der Waals surface area contributed by atoms with E-state index in [0.29, 0.717) is 11.8 Å². The number of hydrogen-bond donors (Lipinski definition) is 2. The Morgan fingerprint density at radius 3 is 2.69 bits per heavy atom. The molecule has 0 spiro atoms. The molecule has 0 bridgehead atoms. The van der Waals surface area contributed by atoms with E-state index >= 15 is 0 Å². The highest BCUT2D eigenvalue weighted by Gasteiger charge is 2.29. The molecule has 1 aromatic carbocycles. The molecule has 0 fully saturated rings. The minimum Gasteiger partial charge on any atom is -1.00 e. The lowest BCUT2D eigenvalue weighted by molar-refractivity contribution is -0.893. The van der Waals surface area contributed by atoms with E-state index in [1.807, 2.05) is 0 Å². The average Bonchev–Trinajstić information content (AvgIpc) is 2.23. The first-order valence-electron chi connectivity index (χ1n) is 5.41. The fourth-order valence-electron chi connectivity index (χ4n) is 2.47. The molecule has 16 heavy (non-hydrogen) atoms. The lowest BCUT2D eigenvalue weighted by Crippen LogP contribution is -3.06. The van der Waals surface area contributed by atoms with Crippen molar-refractivity contribution < 1.29 is 34.0 Å². The molecule has 2 nitrogen and oxygen atoms in total. The maximum absolute atomic E-state index is 9.81. The van der Waals surface area contributed by atoms with Gasteiger partial charge in [0.05, 0.1) is 19.1 Å². The first kappa shape index (κ1) is 14.1. The molecule has 0 saturated carbocycles. The van der Waals surface area contributed by atoms with Gasteiger partial charge in [-0.2, -0.15) is 0 Å². The second kappa shape index (κ2) is 5.56. The second-order valence-corrected chi connectivity index (χ2v) is 4.89. The van der Waals surface area contributed by atoms with E-state index < -0.39 is 0 Å². The number of hydrogen-bond acceptors (Lipinski definition) is 1. The van der Waals surface area contributed by atoms with Gasteiger partial charge in [0.25, 0.3) is 0 Å². The van der Waals surface area contributed by atoms with Crippen LogP contribution in [0.4, 0.5) is 0 Å². The van der Waals surface area contributed by atoms with Crippen LogP contribution < -0.4 is 28.9 Å². The summed E-state index contributed by atoms with van der Waals surface area (Å²) in [5.41, 5.74) is 2.21. The van der Waals surface area contributed by atoms with Crippen LogP contribution >= 0.6 is 11.6 Å². The maximum Gasteiger partial charge on any atom is 0.119 e. The fourth-order valence-corrected chi connectivity index (χ4v) is 2.78. The topological polar surface area (TPSA) is 24.7 Å². The van der Waals surface area contributed by atoms with Crippen molar-refractivity contribution >= 4 is 11.6 Å². The number of rotatable bonds is 1. The molecule has 0 aromatic heterocycles. The summed E-state index contributed by atoms with van der Waals surface area (Å²) in [4.78, 5) is 1.38. The molecule has 1 atom stereocenters. The van der Waals surface area contributed by atoms with Crippen LogP contribution in [0.5, 0.6) is 5.75 Å². The van der Waals surface area contributed by atoms with Crippen molar-refractivity contribution in [2.75, 3.05) is 14.1 Å². The van der Waals surface area contributed by atoms with Crippen molar-refractivity contribution in [2.24, 2.45) is 0 Å². The summed E-state index contributed by atoms with van der Waals surface area (Å²) in [6, 6.07) is 3.93. The monoisotopic (exact) mass is 353 g/mol. The molecule has 0 aliphatic heterocycles. The summed E-state index contributed by atoms with van der Waals surface area (Å²) < 4.78 is 0. The molecule has 1 aromatic rings. The van der Waals surface area contributed by atoms with E-state index in [2.05, 4.69) is 14.1 Å². The summed E-state index contributed by atoms with van der Waals surface area (Å²) in [6.07, 6.45) is 3.24. The number of aromatic hydroxyl groups is 1. The maximum atomic E-state index is 9.81. The molecular weight excluding hydrogens is 336 g/mol. The molecule has 2 rings (SSSR count). The van der Waals surface area contributed by atoms with E-state index in [0.717, 1.165) is 35.4 Å². The van der Waals surface area contributed by atoms with Crippen molar-refractivity contribution in [3.8, 4) is 5.75 Å². The SMILES string of the molecule is C[NH+](C)C1CCCc2c(O)ccc(Cl)c21.[I-]. The van der Waals surface area contributed by atoms with Crippen LogP contribution in [-0.4, -0.2) is 19.2 Å². The standard InChI is InChI=1S/C12H16ClNO.HI/c1-14(2)10-5-3-4-8-11(15)7-6-9(13)12(8)10;/h6-7,10,15H,3-5H2,1-2H3;1H. The molecular formula is C12H17ClINO. The number of nitrogens with one attached hydrogen (secondary N) is 1. The molecule has 1 aliphatic rings. The Hall–Kier alpha value is -0.000000000000000111. The third kappa shape index (κ3) is 2.46. The van der Waals surface area contributed by atoms with Crippen LogP contribution in [0.2, 0.25) is 5.02 Å². The third-order valence-corrected chi connectivity index (χ3v) is 3.57. The minimum absolute atomic E-state index is 0. The quantitative estimate of drug-likeness (QED) is 0.595. The fraction of sp³-hybridized carbons (Fsp3) is 0.500. The van der Waals surface area contributed by atoms with Gasteiger partial charge in [-0.1, -0.05) is 11.6 Å². The van der Waals surface area contributed by atoms with Gasteiger partial charge < -0.3 is 34.0 Å². The molecule has 90 valence electrons. The Bertz CT molecular complexity index is 382. The summed E-state index contributed by atoms with van der Waals surface area (Å²) in [7, 11) is 4.28. The number of halogens is 2. The second-order valence-electron chi connectivity index (χ2n) is 4.48. The number of fused-ring (bicyclic) bond motifs is 1. The number of phenols is 1. The average molecular weight is 354 g/mol. The van der Waals surface area contributed by atoms with Gasteiger partial charge in [-0.05, 0) is 25.0 Å². The van der Waals surface area contributed by atoms with Gasteiger partial charge in [0.2, 0.25) is 0 Å². The summed E-state index contributed by atoms with van der Waals surface area (Å²) in [5, 5.41) is 10.6. The van der Waals surface area contributed by atoms with E-state index in [9.17, 15) is 5.11 Å². The van der Waals surface area contributed by atoms with Gasteiger partial charge >= 0.3 is 0 Å². The first-order chi connectivity index (χ1) is 7.11. The highest BCUT2D eigenvalue weighted by molar-refractivity contribution is 6.31. The van der Waals surface area contributed by atoms with Crippen molar-refractivity contribution in [3.63, 3.8) is 0 Å². The molecule has 0 amide bonds. The van der Waals surface area contributed by atoms with Crippen LogP contribution in [0.1, 0.15) is 30.0 Å². The van der Waals surface area contributed by atoms with Crippen molar-refractivity contribution in [1.29, 1.82) is 0 Å². The molecule has 2 N–H and O–H groups in total. The molecule has 4 heteroatoms. The predicted molar refractivity (Wildman–Crippen MR) is 61.6 cm³/mol. The summed E-state index contributed by atoms with van der Waals surface area (Å²) in [6.45, 7) is 0. The van der Waals surface area contributed by atoms with Crippen molar-refractivity contribution in [2.45, 2.75) is 25.3 Å². The normalized spacial score (nSPS) is 19.1. The highest BCUT2D eigenvalue weighted by atomic mass is 127. The van der Waals surface area contributed by atoms with Gasteiger partial charge in [-0.25, -0.2) is 0 Å². The van der Waals surface area contributed by atoms with Crippen molar-refractivity contribution in [3.05, 3.63) is 28.3 Å². The van der Waals surface area contributed by atoms with Crippen LogP contribution in [0.3, 0.4) is 0 Å². The molecule has 1 aliphatic carbocycles. The lowest BCUT2D eigenvalue weighted by atomic mass is 9.86. The summed E-state index contributed by atoms with van der Waals surface area (Å²) in [5.74, 6) is 0.403. The Balaban J connectivity index is 0.00000128. The Morgan fingerprint density at radius 2 is 2.06 bits per heavy atom. The number of benzene rings is 1. The van der Waals surface area contributed by atoms with E-state index in [4.69, 9.17) is 11.6 Å².